The van der Waals surface area contributed by atoms with Crippen molar-refractivity contribution in [3.05, 3.63) is 29.8 Å². The van der Waals surface area contributed by atoms with Gasteiger partial charge in [0, 0.05) is 16.5 Å². The van der Waals surface area contributed by atoms with E-state index in [1.807, 2.05) is 0 Å². The van der Waals surface area contributed by atoms with E-state index in [1.165, 1.54) is 0 Å². The average molecular weight is 239 g/mol. The molecule has 0 amide bonds. The summed E-state index contributed by atoms with van der Waals surface area (Å²) in [6, 6.07) is 3.21. The van der Waals surface area contributed by atoms with Crippen LogP contribution in [-0.4, -0.2) is 22.8 Å². The van der Waals surface area contributed by atoms with Gasteiger partial charge in [-0.1, -0.05) is 0 Å². The molecule has 0 radical (unpaired) electrons. The number of benzene rings is 1. The topological polar surface area (TPSA) is 20.2 Å². The number of aliphatic hydroxyl groups is 1. The Morgan fingerprint density at radius 3 is 2.79 bits per heavy atom. The van der Waals surface area contributed by atoms with Crippen LogP contribution in [0.2, 0.25) is 0 Å². The Hall–Kier alpha value is -0.320. The molecule has 0 aliphatic carbocycles. The van der Waals surface area contributed by atoms with Gasteiger partial charge in [-0.25, -0.2) is 8.78 Å². The Balaban J connectivity index is 2.62. The first-order valence-corrected chi connectivity index (χ1v) is 5.47. The molecule has 0 spiro atoms. The van der Waals surface area contributed by atoms with Crippen LogP contribution in [0.3, 0.4) is 0 Å². The number of alkyl halides is 1. The van der Waals surface area contributed by atoms with Crippen LogP contribution in [0.4, 0.5) is 8.78 Å². The zero-order chi connectivity index (χ0) is 10.6. The van der Waals surface area contributed by atoms with Gasteiger partial charge in [-0.15, -0.1) is 23.4 Å². The van der Waals surface area contributed by atoms with E-state index in [-0.39, 0.29) is 16.5 Å². The monoisotopic (exact) mass is 238 g/mol. The Morgan fingerprint density at radius 2 is 2.14 bits per heavy atom. The summed E-state index contributed by atoms with van der Waals surface area (Å²) in [5.74, 6) is -0.638. The lowest BCUT2D eigenvalue weighted by molar-refractivity contribution is 0.223. The molecule has 1 aromatic rings. The summed E-state index contributed by atoms with van der Waals surface area (Å²) in [7, 11) is 0. The molecule has 0 bridgehead atoms. The van der Waals surface area contributed by atoms with Crippen LogP contribution < -0.4 is 0 Å². The van der Waals surface area contributed by atoms with Crippen molar-refractivity contribution in [2.24, 2.45) is 0 Å². The first-order valence-electron chi connectivity index (χ1n) is 3.95. The number of hydrogen-bond donors (Lipinski definition) is 1. The minimum atomic E-state index is -0.704. The van der Waals surface area contributed by atoms with E-state index in [0.717, 1.165) is 30.0 Å². The largest absolute Gasteiger partial charge is 0.391 e. The van der Waals surface area contributed by atoms with Gasteiger partial charge in [0.25, 0.3) is 0 Å². The van der Waals surface area contributed by atoms with Crippen LogP contribution in [-0.2, 0) is 0 Å². The van der Waals surface area contributed by atoms with Gasteiger partial charge in [-0.3, -0.25) is 0 Å². The second-order valence-corrected chi connectivity index (χ2v) is 4.06. The molecule has 0 heterocycles. The molecule has 0 aliphatic rings. The third-order valence-corrected chi connectivity index (χ3v) is 3.03. The SMILES string of the molecule is OC(CCl)CSc1cc(F)ccc1F. The van der Waals surface area contributed by atoms with Crippen LogP contribution in [0.25, 0.3) is 0 Å². The Kier molecular flexibility index (Phi) is 4.65. The summed E-state index contributed by atoms with van der Waals surface area (Å²) in [5.41, 5.74) is 0. The molecule has 1 rings (SSSR count). The third kappa shape index (κ3) is 3.44. The maximum atomic E-state index is 13.0. The van der Waals surface area contributed by atoms with Crippen molar-refractivity contribution >= 4 is 23.4 Å². The second kappa shape index (κ2) is 5.53. The first kappa shape index (κ1) is 11.8. The Morgan fingerprint density at radius 1 is 1.43 bits per heavy atom. The number of rotatable bonds is 4. The van der Waals surface area contributed by atoms with E-state index < -0.39 is 17.7 Å². The number of thioether (sulfide) groups is 1. The lowest BCUT2D eigenvalue weighted by Gasteiger charge is -2.06. The summed E-state index contributed by atoms with van der Waals surface area (Å²) < 4.78 is 25.7. The van der Waals surface area contributed by atoms with Crippen molar-refractivity contribution in [3.63, 3.8) is 0 Å². The fraction of sp³-hybridized carbons (Fsp3) is 0.333. The maximum Gasteiger partial charge on any atom is 0.136 e. The molecule has 0 fully saturated rings. The highest BCUT2D eigenvalue weighted by atomic mass is 35.5. The van der Waals surface area contributed by atoms with Gasteiger partial charge < -0.3 is 5.11 Å². The summed E-state index contributed by atoms with van der Waals surface area (Å²) in [4.78, 5) is 0.189. The zero-order valence-corrected chi connectivity index (χ0v) is 8.79. The predicted molar refractivity (Wildman–Crippen MR) is 53.8 cm³/mol. The molecule has 5 heteroatoms. The average Bonchev–Trinajstić information content (AvgIpc) is 2.19. The molecule has 1 unspecified atom stereocenters. The van der Waals surface area contributed by atoms with Crippen LogP contribution in [0.5, 0.6) is 0 Å². The quantitative estimate of drug-likeness (QED) is 0.643. The highest BCUT2D eigenvalue weighted by Gasteiger charge is 2.07. The number of aliphatic hydroxyl groups excluding tert-OH is 1. The van der Waals surface area contributed by atoms with Gasteiger partial charge in [-0.2, -0.15) is 0 Å². The van der Waals surface area contributed by atoms with Crippen molar-refractivity contribution < 1.29 is 13.9 Å². The van der Waals surface area contributed by atoms with Crippen molar-refractivity contribution in [1.29, 1.82) is 0 Å². The summed E-state index contributed by atoms with van der Waals surface area (Å²) in [6.07, 6.45) is -0.704. The van der Waals surface area contributed by atoms with Crippen molar-refractivity contribution in [2.45, 2.75) is 11.0 Å². The van der Waals surface area contributed by atoms with Crippen LogP contribution in [0.15, 0.2) is 23.1 Å². The highest BCUT2D eigenvalue weighted by molar-refractivity contribution is 7.99. The van der Waals surface area contributed by atoms with Crippen LogP contribution in [0.1, 0.15) is 0 Å². The van der Waals surface area contributed by atoms with Gasteiger partial charge in [0.15, 0.2) is 0 Å². The predicted octanol–water partition coefficient (Wildman–Crippen LogP) is 2.66. The van der Waals surface area contributed by atoms with E-state index in [1.54, 1.807) is 0 Å². The maximum absolute atomic E-state index is 13.0. The first-order chi connectivity index (χ1) is 6.63. The van der Waals surface area contributed by atoms with Crippen molar-refractivity contribution in [2.75, 3.05) is 11.6 Å². The fourth-order valence-corrected chi connectivity index (χ4v) is 1.95. The molecule has 1 N–H and O–H groups in total. The van der Waals surface area contributed by atoms with Crippen LogP contribution >= 0.6 is 23.4 Å². The molecular weight excluding hydrogens is 230 g/mol. The summed E-state index contributed by atoms with van der Waals surface area (Å²) in [5, 5.41) is 9.11. The van der Waals surface area contributed by atoms with Gasteiger partial charge in [0.05, 0.1) is 6.10 Å². The zero-order valence-electron chi connectivity index (χ0n) is 7.21. The lowest BCUT2D eigenvalue weighted by atomic mass is 10.3. The molecule has 0 saturated heterocycles. The fourth-order valence-electron chi connectivity index (χ4n) is 0.818. The van der Waals surface area contributed by atoms with E-state index in [4.69, 9.17) is 16.7 Å². The van der Waals surface area contributed by atoms with E-state index in [0.29, 0.717) is 0 Å². The van der Waals surface area contributed by atoms with Gasteiger partial charge in [0.1, 0.15) is 11.6 Å². The van der Waals surface area contributed by atoms with E-state index in [9.17, 15) is 8.78 Å². The molecule has 1 aromatic carbocycles. The number of halogens is 3. The van der Waals surface area contributed by atoms with E-state index >= 15 is 0 Å². The third-order valence-electron chi connectivity index (χ3n) is 1.50. The molecule has 1 nitrogen and oxygen atoms in total. The second-order valence-electron chi connectivity index (χ2n) is 2.69. The molecule has 78 valence electrons. The highest BCUT2D eigenvalue weighted by Crippen LogP contribution is 2.23. The van der Waals surface area contributed by atoms with Crippen molar-refractivity contribution in [1.82, 2.24) is 0 Å². The number of hydrogen-bond acceptors (Lipinski definition) is 2. The van der Waals surface area contributed by atoms with Gasteiger partial charge >= 0.3 is 0 Å². The standard InChI is InChI=1S/C9H9ClF2OS/c10-4-7(13)5-14-9-3-6(11)1-2-8(9)12/h1-3,7,13H,4-5H2. The molecule has 0 aromatic heterocycles. The normalized spacial score (nSPS) is 12.9. The van der Waals surface area contributed by atoms with Gasteiger partial charge in [0.2, 0.25) is 0 Å². The minimum absolute atomic E-state index is 0.0872. The Bertz CT molecular complexity index is 309. The van der Waals surface area contributed by atoms with E-state index in [2.05, 4.69) is 0 Å². The molecule has 14 heavy (non-hydrogen) atoms. The molecule has 0 saturated carbocycles. The van der Waals surface area contributed by atoms with Gasteiger partial charge in [-0.05, 0) is 18.2 Å². The smallest absolute Gasteiger partial charge is 0.136 e. The van der Waals surface area contributed by atoms with Crippen LogP contribution in [0, 0.1) is 11.6 Å². The minimum Gasteiger partial charge on any atom is -0.391 e. The summed E-state index contributed by atoms with van der Waals surface area (Å²) in [6.45, 7) is 0. The molecule has 0 aliphatic heterocycles. The lowest BCUT2D eigenvalue weighted by Crippen LogP contribution is -2.11. The molecular formula is C9H9ClF2OS. The Labute approximate surface area is 90.1 Å². The molecule has 1 atom stereocenters. The summed E-state index contributed by atoms with van der Waals surface area (Å²) >= 11 is 6.40. The van der Waals surface area contributed by atoms with Crippen molar-refractivity contribution in [3.8, 4) is 0 Å².